The van der Waals surface area contributed by atoms with Gasteiger partial charge in [0.05, 0.1) is 13.2 Å². The van der Waals surface area contributed by atoms with Gasteiger partial charge in [-0.05, 0) is 69.0 Å². The van der Waals surface area contributed by atoms with E-state index in [1.807, 2.05) is 76.2 Å². The third-order valence-corrected chi connectivity index (χ3v) is 7.61. The van der Waals surface area contributed by atoms with Gasteiger partial charge in [0.1, 0.15) is 6.04 Å². The molecule has 6 nitrogen and oxygen atoms in total. The molecule has 41 heavy (non-hydrogen) atoms. The molecule has 220 valence electrons. The molecule has 3 aromatic carbocycles. The summed E-state index contributed by atoms with van der Waals surface area (Å²) < 4.78 is 11.5. The Morgan fingerprint density at radius 3 is 2.15 bits per heavy atom. The van der Waals surface area contributed by atoms with Gasteiger partial charge in [-0.25, -0.2) is 0 Å². The van der Waals surface area contributed by atoms with Crippen molar-refractivity contribution in [2.75, 3.05) is 13.2 Å². The molecule has 0 heterocycles. The Hall–Kier alpha value is -3.22. The Bertz CT molecular complexity index is 1270. The minimum atomic E-state index is -0.759. The summed E-state index contributed by atoms with van der Waals surface area (Å²) in [4.78, 5) is 29.4. The van der Waals surface area contributed by atoms with Gasteiger partial charge in [-0.2, -0.15) is 0 Å². The highest BCUT2D eigenvalue weighted by Gasteiger charge is 2.31. The molecule has 0 bridgehead atoms. The van der Waals surface area contributed by atoms with Crippen LogP contribution in [0.5, 0.6) is 11.5 Å². The average Bonchev–Trinajstić information content (AvgIpc) is 2.96. The van der Waals surface area contributed by atoms with Crippen molar-refractivity contribution in [3.8, 4) is 11.5 Å². The van der Waals surface area contributed by atoms with Crippen molar-refractivity contribution >= 4 is 35.0 Å². The first-order valence-corrected chi connectivity index (χ1v) is 15.0. The Morgan fingerprint density at radius 2 is 1.51 bits per heavy atom. The average molecular weight is 600 g/mol. The van der Waals surface area contributed by atoms with Crippen LogP contribution in [0.25, 0.3) is 0 Å². The molecule has 0 aliphatic rings. The molecule has 2 amide bonds. The van der Waals surface area contributed by atoms with Crippen LogP contribution >= 0.6 is 23.2 Å². The fourth-order valence-electron chi connectivity index (χ4n) is 4.49. The summed E-state index contributed by atoms with van der Waals surface area (Å²) in [5.41, 5.74) is 2.50. The SMILES string of the molecule is CCOc1ccc(CCC(=O)N(Cc2c(Cl)cccc2Cl)[C@H](Cc2ccccc2)C(=O)N[C@H](C)CC)cc1OCC. The molecule has 0 aromatic heterocycles. The predicted molar refractivity (Wildman–Crippen MR) is 166 cm³/mol. The number of halogens is 2. The number of hydrogen-bond donors (Lipinski definition) is 1. The summed E-state index contributed by atoms with van der Waals surface area (Å²) in [6.45, 7) is 8.94. The second kappa shape index (κ2) is 16.3. The van der Waals surface area contributed by atoms with Gasteiger partial charge in [0.15, 0.2) is 11.5 Å². The number of ether oxygens (including phenoxy) is 2. The van der Waals surface area contributed by atoms with E-state index in [0.717, 1.165) is 17.5 Å². The lowest BCUT2D eigenvalue weighted by Gasteiger charge is -2.33. The van der Waals surface area contributed by atoms with E-state index in [2.05, 4.69) is 5.32 Å². The van der Waals surface area contributed by atoms with Gasteiger partial charge in [-0.1, -0.05) is 72.6 Å². The summed E-state index contributed by atoms with van der Waals surface area (Å²) in [7, 11) is 0. The smallest absolute Gasteiger partial charge is 0.243 e. The lowest BCUT2D eigenvalue weighted by atomic mass is 10.0. The summed E-state index contributed by atoms with van der Waals surface area (Å²) in [6.07, 6.45) is 1.77. The third kappa shape index (κ3) is 9.40. The second-order valence-corrected chi connectivity index (χ2v) is 10.7. The summed E-state index contributed by atoms with van der Waals surface area (Å²) in [6, 6.07) is 19.9. The maximum Gasteiger partial charge on any atom is 0.243 e. The molecule has 0 aliphatic heterocycles. The minimum Gasteiger partial charge on any atom is -0.490 e. The Morgan fingerprint density at radius 1 is 0.854 bits per heavy atom. The van der Waals surface area contributed by atoms with Crippen molar-refractivity contribution in [2.24, 2.45) is 0 Å². The number of benzene rings is 3. The number of nitrogens with one attached hydrogen (secondary N) is 1. The fraction of sp³-hybridized carbons (Fsp3) is 0.394. The van der Waals surface area contributed by atoms with Crippen LogP contribution in [0.1, 0.15) is 57.2 Å². The van der Waals surface area contributed by atoms with Crippen LogP contribution in [0.3, 0.4) is 0 Å². The van der Waals surface area contributed by atoms with Crippen LogP contribution in [0.15, 0.2) is 66.7 Å². The minimum absolute atomic E-state index is 0.0394. The van der Waals surface area contributed by atoms with Crippen molar-refractivity contribution in [3.05, 3.63) is 93.5 Å². The first-order valence-electron chi connectivity index (χ1n) is 14.2. The lowest BCUT2D eigenvalue weighted by Crippen LogP contribution is -2.52. The second-order valence-electron chi connectivity index (χ2n) is 9.89. The van der Waals surface area contributed by atoms with Crippen LogP contribution in [0.4, 0.5) is 0 Å². The van der Waals surface area contributed by atoms with Gasteiger partial charge < -0.3 is 19.7 Å². The molecule has 0 saturated heterocycles. The molecular formula is C33H40Cl2N2O4. The zero-order valence-corrected chi connectivity index (χ0v) is 25.8. The molecule has 1 N–H and O–H groups in total. The molecule has 8 heteroatoms. The van der Waals surface area contributed by atoms with Gasteiger partial charge >= 0.3 is 0 Å². The van der Waals surface area contributed by atoms with Crippen molar-refractivity contribution < 1.29 is 19.1 Å². The van der Waals surface area contributed by atoms with Crippen LogP contribution in [-0.2, 0) is 29.0 Å². The van der Waals surface area contributed by atoms with Crippen molar-refractivity contribution in [1.29, 1.82) is 0 Å². The molecule has 0 unspecified atom stereocenters. The zero-order chi connectivity index (χ0) is 29.8. The number of hydrogen-bond acceptors (Lipinski definition) is 4. The molecule has 0 aliphatic carbocycles. The van der Waals surface area contributed by atoms with Crippen molar-refractivity contribution in [3.63, 3.8) is 0 Å². The molecule has 0 saturated carbocycles. The monoisotopic (exact) mass is 598 g/mol. The van der Waals surface area contributed by atoms with E-state index < -0.39 is 6.04 Å². The number of amides is 2. The van der Waals surface area contributed by atoms with E-state index in [4.69, 9.17) is 32.7 Å². The maximum atomic E-state index is 14.0. The lowest BCUT2D eigenvalue weighted by molar-refractivity contribution is -0.141. The van der Waals surface area contributed by atoms with Gasteiger partial charge in [-0.15, -0.1) is 0 Å². The van der Waals surface area contributed by atoms with Gasteiger partial charge in [-0.3, -0.25) is 9.59 Å². The standard InChI is InChI=1S/C33H40Cl2N2O4/c1-5-23(4)36-33(39)29(20-24-12-9-8-10-13-24)37(22-26-27(34)14-11-15-28(26)35)32(38)19-17-25-16-18-30(40-6-2)31(21-25)41-7-3/h8-16,18,21,23,29H,5-7,17,19-20,22H2,1-4H3,(H,36,39)/t23-,29-/m1/s1. The molecule has 0 radical (unpaired) electrons. The first kappa shape index (κ1) is 32.3. The van der Waals surface area contributed by atoms with Crippen LogP contribution < -0.4 is 14.8 Å². The fourth-order valence-corrected chi connectivity index (χ4v) is 5.01. The largest absolute Gasteiger partial charge is 0.490 e. The summed E-state index contributed by atoms with van der Waals surface area (Å²) in [5, 5.41) is 3.98. The van der Waals surface area contributed by atoms with Crippen molar-refractivity contribution in [1.82, 2.24) is 10.2 Å². The van der Waals surface area contributed by atoms with E-state index in [1.165, 1.54) is 0 Å². The Kier molecular flexibility index (Phi) is 12.8. The van der Waals surface area contributed by atoms with E-state index in [-0.39, 0.29) is 30.8 Å². The topological polar surface area (TPSA) is 67.9 Å². The number of nitrogens with zero attached hydrogens (tertiary/aromatic N) is 1. The van der Waals surface area contributed by atoms with Crippen LogP contribution in [0, 0.1) is 0 Å². The van der Waals surface area contributed by atoms with E-state index >= 15 is 0 Å². The predicted octanol–water partition coefficient (Wildman–Crippen LogP) is 7.28. The molecular weight excluding hydrogens is 559 g/mol. The van der Waals surface area contributed by atoms with Gasteiger partial charge in [0.25, 0.3) is 0 Å². The first-order chi connectivity index (χ1) is 19.8. The molecule has 3 rings (SSSR count). The van der Waals surface area contributed by atoms with Crippen LogP contribution in [0.2, 0.25) is 10.0 Å². The highest BCUT2D eigenvalue weighted by molar-refractivity contribution is 6.36. The molecule has 2 atom stereocenters. The van der Waals surface area contributed by atoms with Crippen LogP contribution in [-0.4, -0.2) is 42.0 Å². The Balaban J connectivity index is 1.95. The Labute approximate surface area is 253 Å². The highest BCUT2D eigenvalue weighted by Crippen LogP contribution is 2.30. The number of carbonyl (C=O) groups excluding carboxylic acids is 2. The maximum absolute atomic E-state index is 14.0. The summed E-state index contributed by atoms with van der Waals surface area (Å²) >= 11 is 13.1. The number of aryl methyl sites for hydroxylation is 1. The number of rotatable bonds is 15. The van der Waals surface area contributed by atoms with E-state index in [9.17, 15) is 9.59 Å². The zero-order valence-electron chi connectivity index (χ0n) is 24.3. The quantitative estimate of drug-likeness (QED) is 0.199. The molecule has 0 fully saturated rings. The third-order valence-electron chi connectivity index (χ3n) is 6.90. The highest BCUT2D eigenvalue weighted by atomic mass is 35.5. The number of carbonyl (C=O) groups is 2. The van der Waals surface area contributed by atoms with Gasteiger partial charge in [0, 0.05) is 41.0 Å². The summed E-state index contributed by atoms with van der Waals surface area (Å²) in [5.74, 6) is 0.936. The van der Waals surface area contributed by atoms with E-state index in [0.29, 0.717) is 53.2 Å². The van der Waals surface area contributed by atoms with Crippen molar-refractivity contribution in [2.45, 2.75) is 72.0 Å². The molecule has 0 spiro atoms. The normalized spacial score (nSPS) is 12.3. The molecule has 3 aromatic rings. The van der Waals surface area contributed by atoms with E-state index in [1.54, 1.807) is 23.1 Å². The van der Waals surface area contributed by atoms with Gasteiger partial charge in [0.2, 0.25) is 11.8 Å².